The molecule has 0 saturated carbocycles. The number of rotatable bonds is 2. The predicted molar refractivity (Wildman–Crippen MR) is 59.8 cm³/mol. The Kier molecular flexibility index (Phi) is 2.85. The van der Waals surface area contributed by atoms with Crippen molar-refractivity contribution in [2.24, 2.45) is 0 Å². The van der Waals surface area contributed by atoms with Crippen LogP contribution in [0.4, 0.5) is 13.2 Å². The minimum absolute atomic E-state index is 0.145. The van der Waals surface area contributed by atoms with Crippen molar-refractivity contribution in [3.63, 3.8) is 0 Å². The van der Waals surface area contributed by atoms with Gasteiger partial charge in [0.1, 0.15) is 0 Å². The first kappa shape index (κ1) is 12.0. The maximum atomic E-state index is 12.9. The van der Waals surface area contributed by atoms with E-state index in [4.69, 9.17) is 0 Å². The molecule has 0 amide bonds. The van der Waals surface area contributed by atoms with Crippen LogP contribution in [0.5, 0.6) is 0 Å². The lowest BCUT2D eigenvalue weighted by Gasteiger charge is -2.18. The highest BCUT2D eigenvalue weighted by molar-refractivity contribution is 5.83. The van der Waals surface area contributed by atoms with E-state index < -0.39 is 11.7 Å². The van der Waals surface area contributed by atoms with Gasteiger partial charge in [-0.3, -0.25) is 5.10 Å². The van der Waals surface area contributed by atoms with Crippen LogP contribution in [0.15, 0.2) is 18.3 Å². The molecule has 0 saturated heterocycles. The van der Waals surface area contributed by atoms with Crippen molar-refractivity contribution < 1.29 is 13.2 Å². The zero-order valence-electron chi connectivity index (χ0n) is 9.60. The molecule has 92 valence electrons. The predicted octanol–water partition coefficient (Wildman–Crippen LogP) is 4.10. The minimum atomic E-state index is -4.32. The van der Waals surface area contributed by atoms with Crippen LogP contribution in [0, 0.1) is 0 Å². The van der Waals surface area contributed by atoms with Crippen LogP contribution in [0.3, 0.4) is 0 Å². The van der Waals surface area contributed by atoms with Crippen molar-refractivity contribution in [2.75, 3.05) is 0 Å². The third-order valence-corrected chi connectivity index (χ3v) is 3.08. The number of H-pyrrole nitrogens is 1. The molecule has 17 heavy (non-hydrogen) atoms. The average molecular weight is 242 g/mol. The summed E-state index contributed by atoms with van der Waals surface area (Å²) in [7, 11) is 0. The van der Waals surface area contributed by atoms with Gasteiger partial charge in [0.05, 0.1) is 17.3 Å². The molecule has 0 aliphatic rings. The lowest BCUT2D eigenvalue weighted by atomic mass is 9.90. The Bertz CT molecular complexity index is 528. The fraction of sp³-hybridized carbons (Fsp3) is 0.417. The molecule has 1 unspecified atom stereocenters. The Balaban J connectivity index is 2.75. The zero-order valence-corrected chi connectivity index (χ0v) is 9.60. The number of nitrogens with one attached hydrogen (secondary N) is 1. The van der Waals surface area contributed by atoms with Gasteiger partial charge in [-0.05, 0) is 30.0 Å². The lowest BCUT2D eigenvalue weighted by molar-refractivity contribution is -0.138. The van der Waals surface area contributed by atoms with E-state index >= 15 is 0 Å². The van der Waals surface area contributed by atoms with Crippen LogP contribution in [0.2, 0.25) is 0 Å². The van der Waals surface area contributed by atoms with Gasteiger partial charge in [0.2, 0.25) is 0 Å². The van der Waals surface area contributed by atoms with Crippen molar-refractivity contribution in [2.45, 2.75) is 32.4 Å². The second-order valence-corrected chi connectivity index (χ2v) is 4.17. The SMILES string of the molecule is CCC(C)c1c(C(F)(F)F)ccc2[nH]ncc12. The molecule has 0 fully saturated rings. The molecule has 0 aliphatic carbocycles. The summed E-state index contributed by atoms with van der Waals surface area (Å²) in [6.45, 7) is 3.68. The van der Waals surface area contributed by atoms with Gasteiger partial charge in [-0.25, -0.2) is 0 Å². The molecule has 0 bridgehead atoms. The summed E-state index contributed by atoms with van der Waals surface area (Å²) in [5, 5.41) is 7.07. The molecular weight excluding hydrogens is 229 g/mol. The number of halogens is 3. The molecule has 1 N–H and O–H groups in total. The van der Waals surface area contributed by atoms with E-state index in [0.29, 0.717) is 22.9 Å². The van der Waals surface area contributed by atoms with Crippen molar-refractivity contribution in [3.8, 4) is 0 Å². The largest absolute Gasteiger partial charge is 0.416 e. The Morgan fingerprint density at radius 1 is 1.35 bits per heavy atom. The first-order valence-corrected chi connectivity index (χ1v) is 5.48. The van der Waals surface area contributed by atoms with E-state index in [0.717, 1.165) is 6.07 Å². The number of aromatic nitrogens is 2. The standard InChI is InChI=1S/C12H13F3N2/c1-3-7(2)11-8-6-16-17-10(8)5-4-9(11)12(13,14)15/h4-7H,3H2,1-2H3,(H,16,17). The van der Waals surface area contributed by atoms with Crippen molar-refractivity contribution in [3.05, 3.63) is 29.5 Å². The summed E-state index contributed by atoms with van der Waals surface area (Å²) >= 11 is 0. The molecule has 1 aromatic carbocycles. The smallest absolute Gasteiger partial charge is 0.278 e. The van der Waals surface area contributed by atoms with Gasteiger partial charge in [0, 0.05) is 5.39 Å². The van der Waals surface area contributed by atoms with Crippen LogP contribution >= 0.6 is 0 Å². The zero-order chi connectivity index (χ0) is 12.6. The molecule has 2 aromatic rings. The fourth-order valence-electron chi connectivity index (χ4n) is 2.02. The van der Waals surface area contributed by atoms with E-state index in [9.17, 15) is 13.2 Å². The molecule has 0 radical (unpaired) electrons. The van der Waals surface area contributed by atoms with Gasteiger partial charge >= 0.3 is 6.18 Å². The summed E-state index contributed by atoms with van der Waals surface area (Å²) in [6, 6.07) is 2.55. The lowest BCUT2D eigenvalue weighted by Crippen LogP contribution is -2.11. The van der Waals surface area contributed by atoms with Crippen LogP contribution in [0.1, 0.15) is 37.3 Å². The number of benzene rings is 1. The van der Waals surface area contributed by atoms with E-state index in [1.54, 1.807) is 6.92 Å². The highest BCUT2D eigenvalue weighted by Crippen LogP contribution is 2.39. The normalized spacial score (nSPS) is 14.2. The van der Waals surface area contributed by atoms with Gasteiger partial charge in [0.25, 0.3) is 0 Å². The number of fused-ring (bicyclic) bond motifs is 1. The molecule has 2 nitrogen and oxygen atoms in total. The third kappa shape index (κ3) is 2.01. The van der Waals surface area contributed by atoms with Crippen LogP contribution in [-0.4, -0.2) is 10.2 Å². The Labute approximate surface area is 96.8 Å². The maximum Gasteiger partial charge on any atom is 0.416 e. The van der Waals surface area contributed by atoms with Gasteiger partial charge in [-0.15, -0.1) is 0 Å². The van der Waals surface area contributed by atoms with E-state index in [1.165, 1.54) is 12.3 Å². The highest BCUT2D eigenvalue weighted by atomic mass is 19.4. The van der Waals surface area contributed by atoms with Gasteiger partial charge in [-0.2, -0.15) is 18.3 Å². The quantitative estimate of drug-likeness (QED) is 0.844. The summed E-state index contributed by atoms with van der Waals surface area (Å²) in [4.78, 5) is 0. The van der Waals surface area contributed by atoms with Gasteiger partial charge in [0.15, 0.2) is 0 Å². The summed E-state index contributed by atoms with van der Waals surface area (Å²) in [6.07, 6.45) is -2.19. The van der Waals surface area contributed by atoms with Gasteiger partial charge < -0.3 is 0 Å². The van der Waals surface area contributed by atoms with E-state index in [2.05, 4.69) is 10.2 Å². The molecule has 0 aliphatic heterocycles. The number of alkyl halides is 3. The van der Waals surface area contributed by atoms with Crippen molar-refractivity contribution in [1.29, 1.82) is 0 Å². The summed E-state index contributed by atoms with van der Waals surface area (Å²) < 4.78 is 38.8. The fourth-order valence-corrected chi connectivity index (χ4v) is 2.02. The van der Waals surface area contributed by atoms with E-state index in [1.807, 2.05) is 6.92 Å². The first-order valence-electron chi connectivity index (χ1n) is 5.48. The monoisotopic (exact) mass is 242 g/mol. The van der Waals surface area contributed by atoms with Crippen LogP contribution < -0.4 is 0 Å². The molecule has 2 rings (SSSR count). The van der Waals surface area contributed by atoms with Crippen molar-refractivity contribution >= 4 is 10.9 Å². The Morgan fingerprint density at radius 2 is 2.06 bits per heavy atom. The second-order valence-electron chi connectivity index (χ2n) is 4.17. The molecule has 1 heterocycles. The number of hydrogen-bond donors (Lipinski definition) is 1. The number of aromatic amines is 1. The average Bonchev–Trinajstić information content (AvgIpc) is 2.73. The number of hydrogen-bond acceptors (Lipinski definition) is 1. The molecule has 0 spiro atoms. The third-order valence-electron chi connectivity index (χ3n) is 3.08. The molecule has 5 heteroatoms. The summed E-state index contributed by atoms with van der Waals surface area (Å²) in [5.74, 6) is -0.145. The first-order chi connectivity index (χ1) is 7.95. The second kappa shape index (κ2) is 4.05. The molecule has 1 aromatic heterocycles. The van der Waals surface area contributed by atoms with E-state index in [-0.39, 0.29) is 5.92 Å². The minimum Gasteiger partial charge on any atom is -0.278 e. The number of nitrogens with zero attached hydrogens (tertiary/aromatic N) is 1. The van der Waals surface area contributed by atoms with Crippen LogP contribution in [0.25, 0.3) is 10.9 Å². The highest BCUT2D eigenvalue weighted by Gasteiger charge is 2.35. The summed E-state index contributed by atoms with van der Waals surface area (Å²) in [5.41, 5.74) is 0.431. The Hall–Kier alpha value is -1.52. The van der Waals surface area contributed by atoms with Crippen LogP contribution in [-0.2, 0) is 6.18 Å². The van der Waals surface area contributed by atoms with Crippen molar-refractivity contribution in [1.82, 2.24) is 10.2 Å². The topological polar surface area (TPSA) is 28.7 Å². The maximum absolute atomic E-state index is 12.9. The molecular formula is C12H13F3N2. The van der Waals surface area contributed by atoms with Gasteiger partial charge in [-0.1, -0.05) is 13.8 Å². The Morgan fingerprint density at radius 3 is 2.65 bits per heavy atom. The molecule has 1 atom stereocenters.